The highest BCUT2D eigenvalue weighted by atomic mass is 16.6. The quantitative estimate of drug-likeness (QED) is 0.0262. The number of esters is 3. The summed E-state index contributed by atoms with van der Waals surface area (Å²) >= 11 is 0. The zero-order valence-electron chi connectivity index (χ0n) is 43.8. The van der Waals surface area contributed by atoms with Crippen LogP contribution in [0.4, 0.5) is 0 Å². The summed E-state index contributed by atoms with van der Waals surface area (Å²) in [6.07, 6.45) is 63.1. The lowest BCUT2D eigenvalue weighted by Crippen LogP contribution is -2.30. The van der Waals surface area contributed by atoms with E-state index in [1.54, 1.807) is 0 Å². The Hall–Kier alpha value is -2.11. The van der Waals surface area contributed by atoms with E-state index in [0.717, 1.165) is 77.0 Å². The molecule has 0 spiro atoms. The van der Waals surface area contributed by atoms with E-state index in [9.17, 15) is 14.4 Å². The van der Waals surface area contributed by atoms with Gasteiger partial charge in [0, 0.05) is 19.3 Å². The average Bonchev–Trinajstić information content (AvgIpc) is 3.30. The van der Waals surface area contributed by atoms with Crippen LogP contribution in [0.15, 0.2) is 24.3 Å². The molecule has 0 aliphatic rings. The van der Waals surface area contributed by atoms with Crippen LogP contribution in [0.1, 0.15) is 316 Å². The van der Waals surface area contributed by atoms with Crippen LogP contribution in [-0.2, 0) is 28.6 Å². The van der Waals surface area contributed by atoms with Gasteiger partial charge in [-0.1, -0.05) is 276 Å². The number of hydrogen-bond donors (Lipinski definition) is 0. The fourth-order valence-electron chi connectivity index (χ4n) is 8.58. The average molecular weight is 916 g/mol. The van der Waals surface area contributed by atoms with Crippen LogP contribution < -0.4 is 0 Å². The fraction of sp³-hybridized carbons (Fsp3) is 0.881. The number of carbonyl (C=O) groups excluding carboxylic acids is 3. The summed E-state index contributed by atoms with van der Waals surface area (Å²) in [5.41, 5.74) is 0. The molecule has 0 rings (SSSR count). The fourth-order valence-corrected chi connectivity index (χ4v) is 8.58. The first kappa shape index (κ1) is 62.9. The Balaban J connectivity index is 4.32. The van der Waals surface area contributed by atoms with E-state index in [-0.39, 0.29) is 31.1 Å². The van der Waals surface area contributed by atoms with Crippen molar-refractivity contribution in [1.82, 2.24) is 0 Å². The largest absolute Gasteiger partial charge is 0.462 e. The van der Waals surface area contributed by atoms with Gasteiger partial charge >= 0.3 is 17.9 Å². The van der Waals surface area contributed by atoms with Gasteiger partial charge in [0.05, 0.1) is 0 Å². The molecule has 0 N–H and O–H groups in total. The van der Waals surface area contributed by atoms with Gasteiger partial charge in [-0.2, -0.15) is 0 Å². The van der Waals surface area contributed by atoms with Crippen molar-refractivity contribution < 1.29 is 28.6 Å². The molecule has 65 heavy (non-hydrogen) atoms. The Morgan fingerprint density at radius 2 is 0.569 bits per heavy atom. The van der Waals surface area contributed by atoms with Crippen LogP contribution >= 0.6 is 0 Å². The first-order chi connectivity index (χ1) is 32.0. The molecule has 0 radical (unpaired) electrons. The maximum Gasteiger partial charge on any atom is 0.306 e. The highest BCUT2D eigenvalue weighted by molar-refractivity contribution is 5.71. The Bertz CT molecular complexity index is 1050. The first-order valence-corrected chi connectivity index (χ1v) is 28.8. The summed E-state index contributed by atoms with van der Waals surface area (Å²) in [5.74, 6) is -0.863. The van der Waals surface area contributed by atoms with E-state index in [4.69, 9.17) is 14.2 Å². The molecule has 6 heteroatoms. The van der Waals surface area contributed by atoms with Crippen molar-refractivity contribution in [3.05, 3.63) is 24.3 Å². The third kappa shape index (κ3) is 52.7. The first-order valence-electron chi connectivity index (χ1n) is 28.8. The van der Waals surface area contributed by atoms with Gasteiger partial charge < -0.3 is 14.2 Å². The predicted molar refractivity (Wildman–Crippen MR) is 279 cm³/mol. The van der Waals surface area contributed by atoms with Crippen LogP contribution in [-0.4, -0.2) is 37.2 Å². The zero-order valence-corrected chi connectivity index (χ0v) is 43.8. The standard InChI is InChI=1S/C59H110O6/c1-4-7-10-13-16-19-22-25-28-29-30-32-34-37-40-43-46-49-52-58(61)64-55-56(54-63-57(60)51-48-45-42-39-36-33-27-24-21-18-15-12-9-6-3)65-59(62)53-50-47-44-41-38-35-31-26-23-20-17-14-11-8-5-2/h15,18,24,27,56H,4-14,16-17,19-23,25-26,28-55H2,1-3H3/b18-15+,27-24+/t56-/m1/s1. The molecule has 0 unspecified atom stereocenters. The van der Waals surface area contributed by atoms with Gasteiger partial charge in [0.25, 0.3) is 0 Å². The highest BCUT2D eigenvalue weighted by Gasteiger charge is 2.19. The second kappa shape index (κ2) is 54.5. The Labute approximate surface area is 404 Å². The lowest BCUT2D eigenvalue weighted by atomic mass is 10.0. The highest BCUT2D eigenvalue weighted by Crippen LogP contribution is 2.17. The van der Waals surface area contributed by atoms with Crippen molar-refractivity contribution in [1.29, 1.82) is 0 Å². The second-order valence-electron chi connectivity index (χ2n) is 19.6. The minimum atomic E-state index is -0.771. The number of hydrogen-bond acceptors (Lipinski definition) is 6. The minimum Gasteiger partial charge on any atom is -0.462 e. The molecule has 0 heterocycles. The molecule has 0 aromatic heterocycles. The molecule has 6 nitrogen and oxygen atoms in total. The van der Waals surface area contributed by atoms with E-state index in [2.05, 4.69) is 45.1 Å². The third-order valence-corrected chi connectivity index (χ3v) is 13.0. The van der Waals surface area contributed by atoms with Gasteiger partial charge in [0.15, 0.2) is 6.10 Å². The van der Waals surface area contributed by atoms with Crippen LogP contribution in [0.5, 0.6) is 0 Å². The van der Waals surface area contributed by atoms with E-state index in [1.165, 1.54) is 199 Å². The maximum atomic E-state index is 12.8. The summed E-state index contributed by atoms with van der Waals surface area (Å²) in [6, 6.07) is 0. The Morgan fingerprint density at radius 3 is 0.892 bits per heavy atom. The summed E-state index contributed by atoms with van der Waals surface area (Å²) in [4.78, 5) is 38.1. The number of allylic oxidation sites excluding steroid dienone is 4. The molecule has 0 saturated carbocycles. The Kier molecular flexibility index (Phi) is 52.7. The molecule has 0 fully saturated rings. The van der Waals surface area contributed by atoms with E-state index in [0.29, 0.717) is 19.3 Å². The van der Waals surface area contributed by atoms with Crippen molar-refractivity contribution in [3.63, 3.8) is 0 Å². The van der Waals surface area contributed by atoms with E-state index in [1.807, 2.05) is 0 Å². The van der Waals surface area contributed by atoms with Gasteiger partial charge in [-0.05, 0) is 44.9 Å². The predicted octanol–water partition coefficient (Wildman–Crippen LogP) is 19.1. The number of carbonyl (C=O) groups is 3. The maximum absolute atomic E-state index is 12.8. The van der Waals surface area contributed by atoms with Gasteiger partial charge in [0.1, 0.15) is 13.2 Å². The van der Waals surface area contributed by atoms with Crippen LogP contribution in [0, 0.1) is 0 Å². The molecule has 0 amide bonds. The SMILES string of the molecule is CCCC/C=C/C/C=C/CCCCCCCC(=O)OC[C@H](COC(=O)CCCCCCCCCCCCCCCCCCCC)OC(=O)CCCCCCCCCCCCCCCCC. The lowest BCUT2D eigenvalue weighted by molar-refractivity contribution is -0.167. The molecule has 0 aromatic carbocycles. The molecule has 0 aromatic rings. The van der Waals surface area contributed by atoms with Crippen molar-refractivity contribution in [2.75, 3.05) is 13.2 Å². The van der Waals surface area contributed by atoms with Crippen LogP contribution in [0.25, 0.3) is 0 Å². The molecular weight excluding hydrogens is 805 g/mol. The summed E-state index contributed by atoms with van der Waals surface area (Å²) in [7, 11) is 0. The summed E-state index contributed by atoms with van der Waals surface area (Å²) in [6.45, 7) is 6.64. The van der Waals surface area contributed by atoms with E-state index < -0.39 is 6.10 Å². The summed E-state index contributed by atoms with van der Waals surface area (Å²) in [5, 5.41) is 0. The molecule has 0 saturated heterocycles. The van der Waals surface area contributed by atoms with Crippen LogP contribution in [0.3, 0.4) is 0 Å². The molecular formula is C59H110O6. The molecule has 1 atom stereocenters. The van der Waals surface area contributed by atoms with Crippen LogP contribution in [0.2, 0.25) is 0 Å². The Morgan fingerprint density at radius 1 is 0.308 bits per heavy atom. The van der Waals surface area contributed by atoms with E-state index >= 15 is 0 Å². The number of ether oxygens (including phenoxy) is 3. The van der Waals surface area contributed by atoms with Gasteiger partial charge in [0.2, 0.25) is 0 Å². The topological polar surface area (TPSA) is 78.9 Å². The van der Waals surface area contributed by atoms with Gasteiger partial charge in [-0.3, -0.25) is 14.4 Å². The van der Waals surface area contributed by atoms with Gasteiger partial charge in [-0.15, -0.1) is 0 Å². The molecule has 0 aliphatic carbocycles. The molecule has 382 valence electrons. The molecule has 0 bridgehead atoms. The van der Waals surface area contributed by atoms with Crippen molar-refractivity contribution >= 4 is 17.9 Å². The lowest BCUT2D eigenvalue weighted by Gasteiger charge is -2.18. The monoisotopic (exact) mass is 915 g/mol. The van der Waals surface area contributed by atoms with Crippen molar-refractivity contribution in [3.8, 4) is 0 Å². The number of rotatable bonds is 53. The smallest absolute Gasteiger partial charge is 0.306 e. The molecule has 0 aliphatic heterocycles. The minimum absolute atomic E-state index is 0.0701. The number of unbranched alkanes of at least 4 members (excludes halogenated alkanes) is 38. The van der Waals surface area contributed by atoms with Crippen molar-refractivity contribution in [2.45, 2.75) is 322 Å². The normalized spacial score (nSPS) is 12.1. The van der Waals surface area contributed by atoms with Crippen molar-refractivity contribution in [2.24, 2.45) is 0 Å². The summed E-state index contributed by atoms with van der Waals surface area (Å²) < 4.78 is 16.9. The third-order valence-electron chi connectivity index (χ3n) is 13.0. The second-order valence-corrected chi connectivity index (χ2v) is 19.6. The van der Waals surface area contributed by atoms with Gasteiger partial charge in [-0.25, -0.2) is 0 Å². The zero-order chi connectivity index (χ0) is 47.2.